The Morgan fingerprint density at radius 1 is 1.31 bits per heavy atom. The molecule has 3 unspecified atom stereocenters. The van der Waals surface area contributed by atoms with Crippen molar-refractivity contribution in [3.63, 3.8) is 0 Å². The van der Waals surface area contributed by atoms with Gasteiger partial charge in [-0.1, -0.05) is 12.8 Å². The summed E-state index contributed by atoms with van der Waals surface area (Å²) in [6.07, 6.45) is 7.20. The van der Waals surface area contributed by atoms with E-state index in [4.69, 9.17) is 5.26 Å². The summed E-state index contributed by atoms with van der Waals surface area (Å²) < 4.78 is 0. The third-order valence-electron chi connectivity index (χ3n) is 3.81. The van der Waals surface area contributed by atoms with E-state index < -0.39 is 0 Å². The topological polar surface area (TPSA) is 64.9 Å². The minimum atomic E-state index is -0.0762. The zero-order valence-corrected chi connectivity index (χ0v) is 9.54. The molecule has 4 heteroatoms. The molecule has 88 valence electrons. The molecule has 0 aromatic heterocycles. The van der Waals surface area contributed by atoms with Crippen LogP contribution in [0.15, 0.2) is 0 Å². The van der Waals surface area contributed by atoms with E-state index in [0.29, 0.717) is 6.04 Å². The molecule has 1 aliphatic carbocycles. The summed E-state index contributed by atoms with van der Waals surface area (Å²) in [7, 11) is 0. The van der Waals surface area contributed by atoms with Crippen LogP contribution < -0.4 is 10.6 Å². The van der Waals surface area contributed by atoms with E-state index in [1.54, 1.807) is 0 Å². The van der Waals surface area contributed by atoms with Crippen LogP contribution >= 0.6 is 0 Å². The van der Waals surface area contributed by atoms with Gasteiger partial charge >= 0.3 is 0 Å². The average molecular weight is 221 g/mol. The highest BCUT2D eigenvalue weighted by Crippen LogP contribution is 2.32. The van der Waals surface area contributed by atoms with Crippen LogP contribution in [0.1, 0.15) is 38.5 Å². The van der Waals surface area contributed by atoms with Crippen molar-refractivity contribution < 1.29 is 4.79 Å². The Hall–Kier alpha value is -1.08. The summed E-state index contributed by atoms with van der Waals surface area (Å²) in [6.45, 7) is 0.116. The van der Waals surface area contributed by atoms with Gasteiger partial charge in [-0.15, -0.1) is 0 Å². The van der Waals surface area contributed by atoms with Gasteiger partial charge in [0.2, 0.25) is 5.91 Å². The molecular formula is C12H19N3O. The maximum atomic E-state index is 11.7. The predicted octanol–water partition coefficient (Wildman–Crippen LogP) is 0.937. The maximum Gasteiger partial charge on any atom is 0.237 e. The number of fused-ring (bicyclic) bond motifs is 1. The van der Waals surface area contributed by atoms with E-state index in [9.17, 15) is 4.79 Å². The van der Waals surface area contributed by atoms with Crippen molar-refractivity contribution >= 4 is 5.91 Å². The van der Waals surface area contributed by atoms with E-state index in [0.717, 1.165) is 18.8 Å². The number of carbonyl (C=O) groups excluding carboxylic acids is 1. The zero-order chi connectivity index (χ0) is 11.4. The average Bonchev–Trinajstić information content (AvgIpc) is 2.35. The van der Waals surface area contributed by atoms with E-state index in [1.165, 1.54) is 25.7 Å². The number of hydrogen-bond acceptors (Lipinski definition) is 3. The molecule has 0 bridgehead atoms. The van der Waals surface area contributed by atoms with Gasteiger partial charge in [0, 0.05) is 6.04 Å². The molecule has 16 heavy (non-hydrogen) atoms. The Morgan fingerprint density at radius 3 is 2.94 bits per heavy atom. The van der Waals surface area contributed by atoms with Crippen LogP contribution in [0.4, 0.5) is 0 Å². The summed E-state index contributed by atoms with van der Waals surface area (Å²) in [5.41, 5.74) is 0. The van der Waals surface area contributed by atoms with E-state index in [1.807, 2.05) is 6.07 Å². The smallest absolute Gasteiger partial charge is 0.237 e. The number of piperidine rings is 1. The van der Waals surface area contributed by atoms with Crippen molar-refractivity contribution in [2.75, 3.05) is 6.54 Å². The molecule has 0 spiro atoms. The molecule has 3 atom stereocenters. The molecule has 2 N–H and O–H groups in total. The molecule has 0 radical (unpaired) electrons. The fourth-order valence-corrected chi connectivity index (χ4v) is 2.95. The highest BCUT2D eigenvalue weighted by Gasteiger charge is 2.34. The Bertz CT molecular complexity index is 297. The quantitative estimate of drug-likeness (QED) is 0.682. The van der Waals surface area contributed by atoms with Crippen molar-refractivity contribution in [3.05, 3.63) is 0 Å². The van der Waals surface area contributed by atoms with Crippen molar-refractivity contribution in [1.82, 2.24) is 10.6 Å². The van der Waals surface area contributed by atoms with Gasteiger partial charge in [-0.2, -0.15) is 5.26 Å². The Balaban J connectivity index is 1.85. The molecule has 1 aliphatic heterocycles. The lowest BCUT2D eigenvalue weighted by atomic mass is 9.77. The van der Waals surface area contributed by atoms with E-state index in [-0.39, 0.29) is 18.5 Å². The Labute approximate surface area is 96.4 Å². The Morgan fingerprint density at radius 2 is 2.12 bits per heavy atom. The monoisotopic (exact) mass is 221 g/mol. The van der Waals surface area contributed by atoms with Crippen LogP contribution in [-0.4, -0.2) is 24.5 Å². The summed E-state index contributed by atoms with van der Waals surface area (Å²) >= 11 is 0. The lowest BCUT2D eigenvalue weighted by Gasteiger charge is -2.39. The first-order valence-corrected chi connectivity index (χ1v) is 6.22. The third kappa shape index (κ3) is 2.53. The Kier molecular flexibility index (Phi) is 3.79. The predicted molar refractivity (Wildman–Crippen MR) is 60.5 cm³/mol. The second kappa shape index (κ2) is 5.31. The first kappa shape index (κ1) is 11.4. The van der Waals surface area contributed by atoms with Crippen molar-refractivity contribution in [3.8, 4) is 6.07 Å². The number of rotatable bonds is 2. The summed E-state index contributed by atoms with van der Waals surface area (Å²) in [5, 5.41) is 14.5. The minimum Gasteiger partial charge on any atom is -0.342 e. The molecule has 1 saturated heterocycles. The fourth-order valence-electron chi connectivity index (χ4n) is 2.95. The molecule has 1 saturated carbocycles. The lowest BCUT2D eigenvalue weighted by molar-refractivity contribution is -0.124. The third-order valence-corrected chi connectivity index (χ3v) is 3.81. The first-order chi connectivity index (χ1) is 7.81. The standard InChI is InChI=1S/C12H19N3O/c13-7-8-14-12(16)11-6-5-9-3-1-2-4-10(9)15-11/h9-11,15H,1-6,8H2,(H,14,16). The molecule has 4 nitrogen and oxygen atoms in total. The van der Waals surface area contributed by atoms with Crippen molar-refractivity contribution in [1.29, 1.82) is 5.26 Å². The summed E-state index contributed by atoms with van der Waals surface area (Å²) in [5.74, 6) is 0.763. The second-order valence-corrected chi connectivity index (χ2v) is 4.82. The van der Waals surface area contributed by atoms with Gasteiger partial charge in [-0.3, -0.25) is 4.79 Å². The normalized spacial score (nSPS) is 33.6. The lowest BCUT2D eigenvalue weighted by Crippen LogP contribution is -2.54. The molecule has 2 fully saturated rings. The van der Waals surface area contributed by atoms with Crippen LogP contribution in [0.5, 0.6) is 0 Å². The van der Waals surface area contributed by atoms with Gasteiger partial charge < -0.3 is 10.6 Å². The van der Waals surface area contributed by atoms with Gasteiger partial charge in [-0.05, 0) is 31.6 Å². The molecule has 1 amide bonds. The SMILES string of the molecule is N#CCNC(=O)C1CCC2CCCCC2N1. The number of hydrogen-bond donors (Lipinski definition) is 2. The van der Waals surface area contributed by atoms with E-state index in [2.05, 4.69) is 10.6 Å². The number of carbonyl (C=O) groups is 1. The summed E-state index contributed by atoms with van der Waals surface area (Å²) in [4.78, 5) is 11.7. The van der Waals surface area contributed by atoms with Gasteiger partial charge in [0.15, 0.2) is 0 Å². The van der Waals surface area contributed by atoms with E-state index >= 15 is 0 Å². The van der Waals surface area contributed by atoms with Crippen LogP contribution in [0.2, 0.25) is 0 Å². The van der Waals surface area contributed by atoms with Gasteiger partial charge in [0.1, 0.15) is 6.54 Å². The minimum absolute atomic E-state index is 0.00873. The van der Waals surface area contributed by atoms with Gasteiger partial charge in [0.25, 0.3) is 0 Å². The maximum absolute atomic E-state index is 11.7. The molecule has 2 rings (SSSR count). The number of amides is 1. The highest BCUT2D eigenvalue weighted by molar-refractivity contribution is 5.82. The van der Waals surface area contributed by atoms with Crippen molar-refractivity contribution in [2.24, 2.45) is 5.92 Å². The highest BCUT2D eigenvalue weighted by atomic mass is 16.2. The molecular weight excluding hydrogens is 202 g/mol. The van der Waals surface area contributed by atoms with Crippen LogP contribution in [0, 0.1) is 17.2 Å². The van der Waals surface area contributed by atoms with Gasteiger partial charge in [-0.25, -0.2) is 0 Å². The van der Waals surface area contributed by atoms with Crippen molar-refractivity contribution in [2.45, 2.75) is 50.6 Å². The van der Waals surface area contributed by atoms with Crippen LogP contribution in [0.25, 0.3) is 0 Å². The second-order valence-electron chi connectivity index (χ2n) is 4.82. The molecule has 2 aliphatic rings. The fraction of sp³-hybridized carbons (Fsp3) is 0.833. The number of nitrogens with zero attached hydrogens (tertiary/aromatic N) is 1. The molecule has 0 aromatic rings. The van der Waals surface area contributed by atoms with Crippen LogP contribution in [-0.2, 0) is 4.79 Å². The zero-order valence-electron chi connectivity index (χ0n) is 9.54. The molecule has 0 aromatic carbocycles. The largest absolute Gasteiger partial charge is 0.342 e. The number of nitriles is 1. The van der Waals surface area contributed by atoms with Crippen LogP contribution in [0.3, 0.4) is 0 Å². The van der Waals surface area contributed by atoms with Gasteiger partial charge in [0.05, 0.1) is 12.1 Å². The number of nitrogens with one attached hydrogen (secondary N) is 2. The first-order valence-electron chi connectivity index (χ1n) is 6.22. The molecule has 1 heterocycles. The summed E-state index contributed by atoms with van der Waals surface area (Å²) in [6, 6.07) is 2.39.